The van der Waals surface area contributed by atoms with Gasteiger partial charge in [0.25, 0.3) is 0 Å². The molecular formula is C8H10N2O2. The highest BCUT2D eigenvalue weighted by atomic mass is 16.4. The van der Waals surface area contributed by atoms with Crippen LogP contribution in [0.1, 0.15) is 17.1 Å². The van der Waals surface area contributed by atoms with Crippen molar-refractivity contribution >= 4 is 5.97 Å². The van der Waals surface area contributed by atoms with Gasteiger partial charge in [-0.25, -0.2) is 0 Å². The fourth-order valence-electron chi connectivity index (χ4n) is 0.898. The van der Waals surface area contributed by atoms with Crippen LogP contribution in [0, 0.1) is 13.8 Å². The fraction of sp³-hybridized carbons (Fsp3) is 0.375. The second-order valence-electron chi connectivity index (χ2n) is 2.61. The molecule has 1 N–H and O–H groups in total. The van der Waals surface area contributed by atoms with Crippen molar-refractivity contribution in [3.05, 3.63) is 23.3 Å². The predicted molar refractivity (Wildman–Crippen MR) is 42.8 cm³/mol. The van der Waals surface area contributed by atoms with Crippen LogP contribution in [-0.4, -0.2) is 21.0 Å². The van der Waals surface area contributed by atoms with Crippen LogP contribution < -0.4 is 0 Å². The van der Waals surface area contributed by atoms with Crippen LogP contribution >= 0.6 is 0 Å². The van der Waals surface area contributed by atoms with E-state index in [0.29, 0.717) is 11.4 Å². The second kappa shape index (κ2) is 3.30. The minimum Gasteiger partial charge on any atom is -0.481 e. The first-order valence-electron chi connectivity index (χ1n) is 3.60. The van der Waals surface area contributed by atoms with E-state index in [2.05, 4.69) is 9.97 Å². The zero-order chi connectivity index (χ0) is 9.14. The summed E-state index contributed by atoms with van der Waals surface area (Å²) in [5.74, 6) is -0.877. The van der Waals surface area contributed by atoms with E-state index in [1.54, 1.807) is 20.0 Å². The summed E-state index contributed by atoms with van der Waals surface area (Å²) in [4.78, 5) is 18.4. The summed E-state index contributed by atoms with van der Waals surface area (Å²) in [7, 11) is 0. The Morgan fingerprint density at radius 3 is 2.83 bits per heavy atom. The summed E-state index contributed by atoms with van der Waals surface area (Å²) in [6.45, 7) is 3.54. The van der Waals surface area contributed by atoms with Gasteiger partial charge in [0.05, 0.1) is 23.5 Å². The number of carbonyl (C=O) groups is 1. The molecule has 0 bridgehead atoms. The molecular weight excluding hydrogens is 156 g/mol. The lowest BCUT2D eigenvalue weighted by atomic mass is 10.2. The molecule has 4 nitrogen and oxygen atoms in total. The monoisotopic (exact) mass is 166 g/mol. The van der Waals surface area contributed by atoms with Crippen LogP contribution in [0.3, 0.4) is 0 Å². The molecule has 0 amide bonds. The molecule has 1 aromatic heterocycles. The van der Waals surface area contributed by atoms with Gasteiger partial charge in [0.1, 0.15) is 0 Å². The molecule has 0 saturated heterocycles. The van der Waals surface area contributed by atoms with Gasteiger partial charge in [-0.2, -0.15) is 0 Å². The maximum Gasteiger partial charge on any atom is 0.309 e. The molecule has 0 saturated carbocycles. The van der Waals surface area contributed by atoms with E-state index >= 15 is 0 Å². The van der Waals surface area contributed by atoms with Crippen molar-refractivity contribution in [2.75, 3.05) is 0 Å². The lowest BCUT2D eigenvalue weighted by Gasteiger charge is -2.01. The van der Waals surface area contributed by atoms with Crippen molar-refractivity contribution in [1.29, 1.82) is 0 Å². The third-order valence-electron chi connectivity index (χ3n) is 1.49. The van der Waals surface area contributed by atoms with Gasteiger partial charge in [0.15, 0.2) is 0 Å². The van der Waals surface area contributed by atoms with Crippen molar-refractivity contribution in [2.45, 2.75) is 20.3 Å². The third kappa shape index (κ3) is 2.02. The number of carboxylic acids is 1. The van der Waals surface area contributed by atoms with E-state index in [9.17, 15) is 4.79 Å². The molecule has 1 rings (SSSR count). The molecule has 64 valence electrons. The van der Waals surface area contributed by atoms with Gasteiger partial charge in [-0.05, 0) is 13.8 Å². The molecule has 12 heavy (non-hydrogen) atoms. The molecule has 0 spiro atoms. The molecule has 1 aromatic rings. The summed E-state index contributed by atoms with van der Waals surface area (Å²) < 4.78 is 0. The first kappa shape index (κ1) is 8.64. The van der Waals surface area contributed by atoms with Crippen LogP contribution in [-0.2, 0) is 11.2 Å². The highest BCUT2D eigenvalue weighted by Crippen LogP contribution is 2.02. The highest BCUT2D eigenvalue weighted by Gasteiger charge is 2.06. The third-order valence-corrected chi connectivity index (χ3v) is 1.49. The summed E-state index contributed by atoms with van der Waals surface area (Å²) >= 11 is 0. The van der Waals surface area contributed by atoms with Crippen LogP contribution in [0.25, 0.3) is 0 Å². The largest absolute Gasteiger partial charge is 0.481 e. The molecule has 4 heteroatoms. The molecule has 0 aromatic carbocycles. The fourth-order valence-corrected chi connectivity index (χ4v) is 0.898. The number of aliphatic carboxylic acids is 1. The number of carboxylic acid groups (broad SMARTS) is 1. The van der Waals surface area contributed by atoms with Crippen molar-refractivity contribution in [3.8, 4) is 0 Å². The van der Waals surface area contributed by atoms with E-state index in [1.165, 1.54) is 0 Å². The van der Waals surface area contributed by atoms with Gasteiger partial charge in [0, 0.05) is 6.20 Å². The standard InChI is InChI=1S/C8H10N2O2/c1-5-4-9-6(2)7(10-5)3-8(11)12/h4H,3H2,1-2H3,(H,11,12). The van der Waals surface area contributed by atoms with E-state index in [1.807, 2.05) is 0 Å². The van der Waals surface area contributed by atoms with E-state index < -0.39 is 5.97 Å². The van der Waals surface area contributed by atoms with Gasteiger partial charge in [-0.1, -0.05) is 0 Å². The zero-order valence-corrected chi connectivity index (χ0v) is 7.03. The number of hydrogen-bond donors (Lipinski definition) is 1. The lowest BCUT2D eigenvalue weighted by molar-refractivity contribution is -0.136. The first-order valence-corrected chi connectivity index (χ1v) is 3.60. The van der Waals surface area contributed by atoms with Crippen LogP contribution in [0.15, 0.2) is 6.20 Å². The molecule has 0 atom stereocenters. The smallest absolute Gasteiger partial charge is 0.309 e. The summed E-state index contributed by atoms with van der Waals surface area (Å²) in [5, 5.41) is 8.51. The molecule has 0 aliphatic heterocycles. The van der Waals surface area contributed by atoms with Gasteiger partial charge < -0.3 is 5.11 Å². The predicted octanol–water partition coefficient (Wildman–Crippen LogP) is 0.721. The Hall–Kier alpha value is -1.45. The zero-order valence-electron chi connectivity index (χ0n) is 7.03. The van der Waals surface area contributed by atoms with E-state index in [0.717, 1.165) is 5.69 Å². The van der Waals surface area contributed by atoms with Crippen molar-refractivity contribution in [3.63, 3.8) is 0 Å². The lowest BCUT2D eigenvalue weighted by Crippen LogP contribution is -2.06. The average Bonchev–Trinajstić information content (AvgIpc) is 1.96. The maximum absolute atomic E-state index is 10.4. The molecule has 0 aliphatic rings. The number of aromatic nitrogens is 2. The Morgan fingerprint density at radius 2 is 2.25 bits per heavy atom. The Balaban J connectivity index is 2.97. The minimum absolute atomic E-state index is 0.0550. The second-order valence-corrected chi connectivity index (χ2v) is 2.61. The van der Waals surface area contributed by atoms with E-state index in [-0.39, 0.29) is 6.42 Å². The van der Waals surface area contributed by atoms with Crippen molar-refractivity contribution in [2.24, 2.45) is 0 Å². The number of nitrogens with zero attached hydrogens (tertiary/aromatic N) is 2. The number of aryl methyl sites for hydroxylation is 2. The van der Waals surface area contributed by atoms with Gasteiger partial charge in [0.2, 0.25) is 0 Å². The number of rotatable bonds is 2. The van der Waals surface area contributed by atoms with Crippen molar-refractivity contribution < 1.29 is 9.90 Å². The van der Waals surface area contributed by atoms with Crippen LogP contribution in [0.5, 0.6) is 0 Å². The minimum atomic E-state index is -0.877. The van der Waals surface area contributed by atoms with Crippen LogP contribution in [0.2, 0.25) is 0 Å². The first-order chi connectivity index (χ1) is 5.59. The molecule has 1 heterocycles. The Morgan fingerprint density at radius 1 is 1.58 bits per heavy atom. The SMILES string of the molecule is Cc1cnc(C)c(CC(=O)O)n1. The Labute approximate surface area is 70.3 Å². The number of hydrogen-bond acceptors (Lipinski definition) is 3. The van der Waals surface area contributed by atoms with Gasteiger partial charge in [-0.3, -0.25) is 14.8 Å². The average molecular weight is 166 g/mol. The quantitative estimate of drug-likeness (QED) is 0.703. The topological polar surface area (TPSA) is 63.1 Å². The van der Waals surface area contributed by atoms with Crippen LogP contribution in [0.4, 0.5) is 0 Å². The Kier molecular flexibility index (Phi) is 2.38. The Bertz CT molecular complexity index is 310. The molecule has 0 aliphatic carbocycles. The maximum atomic E-state index is 10.4. The summed E-state index contributed by atoms with van der Waals surface area (Å²) in [6, 6.07) is 0. The molecule has 0 unspecified atom stereocenters. The summed E-state index contributed by atoms with van der Waals surface area (Å²) in [6.07, 6.45) is 1.57. The van der Waals surface area contributed by atoms with Crippen molar-refractivity contribution in [1.82, 2.24) is 9.97 Å². The van der Waals surface area contributed by atoms with Gasteiger partial charge >= 0.3 is 5.97 Å². The summed E-state index contributed by atoms with van der Waals surface area (Å²) in [5.41, 5.74) is 1.97. The molecule has 0 fully saturated rings. The van der Waals surface area contributed by atoms with Gasteiger partial charge in [-0.15, -0.1) is 0 Å². The normalized spacial score (nSPS) is 9.83. The molecule has 0 radical (unpaired) electrons. The van der Waals surface area contributed by atoms with E-state index in [4.69, 9.17) is 5.11 Å². The highest BCUT2D eigenvalue weighted by molar-refractivity contribution is 5.69.